The molecule has 0 spiro atoms. The predicted octanol–water partition coefficient (Wildman–Crippen LogP) is 2.64. The summed E-state index contributed by atoms with van der Waals surface area (Å²) < 4.78 is 0. The van der Waals surface area contributed by atoms with Gasteiger partial charge in [0.25, 0.3) is 5.91 Å². The van der Waals surface area contributed by atoms with Crippen molar-refractivity contribution in [3.8, 4) is 0 Å². The lowest BCUT2D eigenvalue weighted by Gasteiger charge is -2.30. The predicted molar refractivity (Wildman–Crippen MR) is 103 cm³/mol. The summed E-state index contributed by atoms with van der Waals surface area (Å²) in [5.74, 6) is -0.0241. The summed E-state index contributed by atoms with van der Waals surface area (Å²) in [7, 11) is 0. The van der Waals surface area contributed by atoms with Crippen molar-refractivity contribution in [3.63, 3.8) is 0 Å². The highest BCUT2D eigenvalue weighted by atomic mass is 35.5. The lowest BCUT2D eigenvalue weighted by molar-refractivity contribution is -0.128. The van der Waals surface area contributed by atoms with Gasteiger partial charge in [-0.15, -0.1) is 12.4 Å². The van der Waals surface area contributed by atoms with Crippen molar-refractivity contribution in [3.05, 3.63) is 35.4 Å². The molecule has 1 fully saturated rings. The Morgan fingerprint density at radius 1 is 1.20 bits per heavy atom. The highest BCUT2D eigenvalue weighted by Gasteiger charge is 2.23. The number of carbonyl (C=O) groups excluding carboxylic acids is 2. The fourth-order valence-corrected chi connectivity index (χ4v) is 2.71. The number of carbonyl (C=O) groups is 2. The van der Waals surface area contributed by atoms with Crippen LogP contribution >= 0.6 is 12.4 Å². The second-order valence-corrected chi connectivity index (χ2v) is 7.59. The fraction of sp³-hybridized carbons (Fsp3) is 0.579. The Balaban J connectivity index is 0.00000312. The summed E-state index contributed by atoms with van der Waals surface area (Å²) in [4.78, 5) is 24.2. The molecule has 0 radical (unpaired) electrons. The van der Waals surface area contributed by atoms with Crippen LogP contribution in [0.4, 0.5) is 0 Å². The van der Waals surface area contributed by atoms with E-state index < -0.39 is 5.41 Å². The average molecular weight is 368 g/mol. The number of amides is 2. The van der Waals surface area contributed by atoms with Gasteiger partial charge in [-0.3, -0.25) is 9.59 Å². The third-order valence-corrected chi connectivity index (χ3v) is 4.43. The van der Waals surface area contributed by atoms with Gasteiger partial charge in [0.2, 0.25) is 5.91 Å². The van der Waals surface area contributed by atoms with E-state index in [4.69, 9.17) is 0 Å². The van der Waals surface area contributed by atoms with E-state index in [9.17, 15) is 9.59 Å². The molecule has 140 valence electrons. The maximum atomic E-state index is 12.4. The van der Waals surface area contributed by atoms with Crippen molar-refractivity contribution in [2.75, 3.05) is 6.54 Å². The van der Waals surface area contributed by atoms with E-state index in [0.29, 0.717) is 18.2 Å². The molecule has 0 aliphatic carbocycles. The van der Waals surface area contributed by atoms with Crippen LogP contribution < -0.4 is 16.0 Å². The first-order valence-electron chi connectivity index (χ1n) is 8.69. The van der Waals surface area contributed by atoms with Gasteiger partial charge < -0.3 is 16.0 Å². The second-order valence-electron chi connectivity index (χ2n) is 7.59. The van der Waals surface area contributed by atoms with Crippen molar-refractivity contribution >= 4 is 24.2 Å². The minimum atomic E-state index is -0.398. The third kappa shape index (κ3) is 6.33. The molecule has 0 bridgehead atoms. The SMILES string of the molecule is CC1NCCCC1NC(=O)c1ccc(CNC(=O)C(C)(C)C)cc1.Cl. The number of piperidine rings is 1. The summed E-state index contributed by atoms with van der Waals surface area (Å²) in [5.41, 5.74) is 1.24. The number of hydrogen-bond donors (Lipinski definition) is 3. The molecule has 6 heteroatoms. The van der Waals surface area contributed by atoms with Gasteiger partial charge in [-0.2, -0.15) is 0 Å². The van der Waals surface area contributed by atoms with Crippen LogP contribution in [-0.4, -0.2) is 30.4 Å². The molecule has 1 heterocycles. The van der Waals surface area contributed by atoms with E-state index in [2.05, 4.69) is 22.9 Å². The van der Waals surface area contributed by atoms with Crippen molar-refractivity contribution < 1.29 is 9.59 Å². The fourth-order valence-electron chi connectivity index (χ4n) is 2.71. The summed E-state index contributed by atoms with van der Waals surface area (Å²) >= 11 is 0. The Morgan fingerprint density at radius 3 is 2.40 bits per heavy atom. The lowest BCUT2D eigenvalue weighted by atomic mass is 9.95. The van der Waals surface area contributed by atoms with Crippen molar-refractivity contribution in [2.24, 2.45) is 5.41 Å². The summed E-state index contributed by atoms with van der Waals surface area (Å²) in [6.07, 6.45) is 2.10. The van der Waals surface area contributed by atoms with E-state index in [-0.39, 0.29) is 30.3 Å². The molecule has 2 rings (SSSR count). The molecular formula is C19H30ClN3O2. The van der Waals surface area contributed by atoms with Crippen molar-refractivity contribution in [1.82, 2.24) is 16.0 Å². The first-order chi connectivity index (χ1) is 11.3. The normalized spacial score (nSPS) is 20.3. The van der Waals surface area contributed by atoms with Crippen LogP contribution in [0.5, 0.6) is 0 Å². The molecule has 1 saturated heterocycles. The highest BCUT2D eigenvalue weighted by Crippen LogP contribution is 2.14. The number of nitrogens with one attached hydrogen (secondary N) is 3. The summed E-state index contributed by atoms with van der Waals surface area (Å²) in [6, 6.07) is 7.89. The number of rotatable bonds is 4. The molecule has 0 aromatic heterocycles. The van der Waals surface area contributed by atoms with Gasteiger partial charge in [-0.1, -0.05) is 32.9 Å². The molecule has 0 saturated carbocycles. The monoisotopic (exact) mass is 367 g/mol. The van der Waals surface area contributed by atoms with Crippen LogP contribution in [0.15, 0.2) is 24.3 Å². The zero-order valence-corrected chi connectivity index (χ0v) is 16.3. The summed E-state index contributed by atoms with van der Waals surface area (Å²) in [5, 5.41) is 9.40. The van der Waals surface area contributed by atoms with Gasteiger partial charge in [0, 0.05) is 29.6 Å². The van der Waals surface area contributed by atoms with Gasteiger partial charge in [-0.05, 0) is 44.0 Å². The Morgan fingerprint density at radius 2 is 1.84 bits per heavy atom. The Kier molecular flexibility index (Phi) is 7.90. The van der Waals surface area contributed by atoms with Gasteiger partial charge in [0.15, 0.2) is 0 Å². The highest BCUT2D eigenvalue weighted by molar-refractivity contribution is 5.94. The van der Waals surface area contributed by atoms with Crippen LogP contribution in [0.2, 0.25) is 0 Å². The quantitative estimate of drug-likeness (QED) is 0.766. The van der Waals surface area contributed by atoms with Crippen LogP contribution in [0.25, 0.3) is 0 Å². The Labute approximate surface area is 156 Å². The van der Waals surface area contributed by atoms with E-state index >= 15 is 0 Å². The molecule has 1 aromatic rings. The lowest BCUT2D eigenvalue weighted by Crippen LogP contribution is -2.51. The van der Waals surface area contributed by atoms with Crippen molar-refractivity contribution in [1.29, 1.82) is 0 Å². The first kappa shape index (κ1) is 21.5. The van der Waals surface area contributed by atoms with Crippen molar-refractivity contribution in [2.45, 2.75) is 59.2 Å². The van der Waals surface area contributed by atoms with Gasteiger partial charge in [-0.25, -0.2) is 0 Å². The Bertz CT molecular complexity index is 581. The molecule has 5 nitrogen and oxygen atoms in total. The molecule has 3 N–H and O–H groups in total. The zero-order chi connectivity index (χ0) is 17.7. The molecule has 2 amide bonds. The molecule has 1 aliphatic heterocycles. The minimum Gasteiger partial charge on any atom is -0.352 e. The van der Waals surface area contributed by atoms with Gasteiger partial charge >= 0.3 is 0 Å². The van der Waals surface area contributed by atoms with E-state index in [1.165, 1.54) is 0 Å². The standard InChI is InChI=1S/C19H29N3O2.ClH/c1-13-16(6-5-11-20-13)22-17(23)15-9-7-14(8-10-15)12-21-18(24)19(2,3)4;/h7-10,13,16,20H,5-6,11-12H2,1-4H3,(H,21,24)(H,22,23);1H. The zero-order valence-electron chi connectivity index (χ0n) is 15.5. The second kappa shape index (κ2) is 9.20. The summed E-state index contributed by atoms with van der Waals surface area (Å²) in [6.45, 7) is 9.25. The molecule has 2 atom stereocenters. The minimum absolute atomic E-state index is 0. The van der Waals surface area contributed by atoms with E-state index in [1.54, 1.807) is 0 Å². The largest absolute Gasteiger partial charge is 0.352 e. The van der Waals surface area contributed by atoms with Gasteiger partial charge in [0.05, 0.1) is 0 Å². The third-order valence-electron chi connectivity index (χ3n) is 4.43. The molecular weight excluding hydrogens is 338 g/mol. The van der Waals surface area contributed by atoms with Crippen LogP contribution in [0.3, 0.4) is 0 Å². The first-order valence-corrected chi connectivity index (χ1v) is 8.69. The smallest absolute Gasteiger partial charge is 0.251 e. The maximum absolute atomic E-state index is 12.4. The molecule has 2 unspecified atom stereocenters. The van der Waals surface area contributed by atoms with E-state index in [0.717, 1.165) is 24.9 Å². The molecule has 25 heavy (non-hydrogen) atoms. The number of halogens is 1. The number of hydrogen-bond acceptors (Lipinski definition) is 3. The molecule has 1 aromatic carbocycles. The van der Waals surface area contributed by atoms with Crippen LogP contribution in [0.1, 0.15) is 56.5 Å². The molecule has 1 aliphatic rings. The topological polar surface area (TPSA) is 70.2 Å². The maximum Gasteiger partial charge on any atom is 0.251 e. The Hall–Kier alpha value is -1.59. The van der Waals surface area contributed by atoms with E-state index in [1.807, 2.05) is 45.0 Å². The average Bonchev–Trinajstić information content (AvgIpc) is 2.54. The van der Waals surface area contributed by atoms with Crippen LogP contribution in [0, 0.1) is 5.41 Å². The van der Waals surface area contributed by atoms with Gasteiger partial charge in [0.1, 0.15) is 0 Å². The van der Waals surface area contributed by atoms with Crippen LogP contribution in [-0.2, 0) is 11.3 Å². The number of benzene rings is 1.